The van der Waals surface area contributed by atoms with Crippen LogP contribution in [0.25, 0.3) is 0 Å². The first-order valence-corrected chi connectivity index (χ1v) is 10.5. The minimum absolute atomic E-state index is 0.0457. The number of para-hydroxylation sites is 1. The van der Waals surface area contributed by atoms with Gasteiger partial charge in [0.2, 0.25) is 5.91 Å². The second-order valence-corrected chi connectivity index (χ2v) is 8.70. The van der Waals surface area contributed by atoms with Crippen LogP contribution in [0.4, 0.5) is 11.4 Å². The van der Waals surface area contributed by atoms with Crippen molar-refractivity contribution in [2.24, 2.45) is 11.8 Å². The molecule has 1 amide bonds. The Hall–Kier alpha value is -2.20. The van der Waals surface area contributed by atoms with Gasteiger partial charge in [0.05, 0.1) is 12.0 Å². The quantitative estimate of drug-likeness (QED) is 0.847. The molecule has 2 unspecified atom stereocenters. The molecule has 4 nitrogen and oxygen atoms in total. The molecule has 0 radical (unpaired) electrons. The lowest BCUT2D eigenvalue weighted by atomic mass is 9.83. The van der Waals surface area contributed by atoms with E-state index >= 15 is 0 Å². The van der Waals surface area contributed by atoms with Crippen LogP contribution in [0.15, 0.2) is 48.5 Å². The zero-order valence-corrected chi connectivity index (χ0v) is 17.3. The van der Waals surface area contributed by atoms with E-state index in [1.165, 1.54) is 11.3 Å². The number of piperazine rings is 1. The maximum absolute atomic E-state index is 13.1. The molecular weight excluding hydrogens is 370 g/mol. The van der Waals surface area contributed by atoms with Gasteiger partial charge in [-0.25, -0.2) is 0 Å². The molecule has 4 rings (SSSR count). The Morgan fingerprint density at radius 3 is 2.79 bits per heavy atom. The third kappa shape index (κ3) is 3.83. The molecule has 0 bridgehead atoms. The number of amides is 1. The predicted octanol–water partition coefficient (Wildman–Crippen LogP) is 3.98. The Balaban J connectivity index is 1.62. The first-order valence-electron chi connectivity index (χ1n) is 10.2. The molecule has 1 saturated heterocycles. The fourth-order valence-corrected chi connectivity index (χ4v) is 4.59. The summed E-state index contributed by atoms with van der Waals surface area (Å²) in [5.74, 6) is 0.576. The van der Waals surface area contributed by atoms with E-state index in [4.69, 9.17) is 11.6 Å². The maximum Gasteiger partial charge on any atom is 0.225 e. The van der Waals surface area contributed by atoms with Crippen molar-refractivity contribution in [2.75, 3.05) is 36.0 Å². The Kier molecular flexibility index (Phi) is 5.49. The molecule has 2 aromatic rings. The summed E-state index contributed by atoms with van der Waals surface area (Å²) < 4.78 is 0. The van der Waals surface area contributed by atoms with Gasteiger partial charge in [-0.05, 0) is 42.2 Å². The molecule has 0 aromatic heterocycles. The SMILES string of the molecule is CC(C)CNC(=O)C1Cc2ccccc2N2CCN(c3cccc(Cl)c3)CC12. The van der Waals surface area contributed by atoms with Crippen LogP contribution >= 0.6 is 11.6 Å². The van der Waals surface area contributed by atoms with E-state index in [1.807, 2.05) is 18.2 Å². The minimum atomic E-state index is -0.0457. The average molecular weight is 398 g/mol. The van der Waals surface area contributed by atoms with Gasteiger partial charge >= 0.3 is 0 Å². The van der Waals surface area contributed by atoms with E-state index in [-0.39, 0.29) is 17.9 Å². The number of nitrogens with zero attached hydrogens (tertiary/aromatic N) is 2. The number of carbonyl (C=O) groups excluding carboxylic acids is 1. The normalized spacial score (nSPS) is 21.3. The summed E-state index contributed by atoms with van der Waals surface area (Å²) in [6, 6.07) is 16.7. The predicted molar refractivity (Wildman–Crippen MR) is 116 cm³/mol. The highest BCUT2D eigenvalue weighted by Crippen LogP contribution is 2.37. The van der Waals surface area contributed by atoms with Crippen molar-refractivity contribution in [1.82, 2.24) is 5.32 Å². The fraction of sp³-hybridized carbons (Fsp3) is 0.435. The van der Waals surface area contributed by atoms with Gasteiger partial charge in [0, 0.05) is 42.6 Å². The van der Waals surface area contributed by atoms with E-state index in [2.05, 4.69) is 59.3 Å². The molecule has 0 spiro atoms. The van der Waals surface area contributed by atoms with E-state index in [0.717, 1.165) is 43.3 Å². The molecule has 28 heavy (non-hydrogen) atoms. The van der Waals surface area contributed by atoms with Gasteiger partial charge in [-0.2, -0.15) is 0 Å². The molecule has 2 heterocycles. The van der Waals surface area contributed by atoms with Gasteiger partial charge in [0.25, 0.3) is 0 Å². The lowest BCUT2D eigenvalue weighted by Gasteiger charge is -2.49. The van der Waals surface area contributed by atoms with Crippen molar-refractivity contribution in [1.29, 1.82) is 0 Å². The second kappa shape index (κ2) is 8.04. The molecule has 0 saturated carbocycles. The summed E-state index contributed by atoms with van der Waals surface area (Å²) in [4.78, 5) is 17.9. The molecule has 2 aliphatic rings. The molecule has 0 aliphatic carbocycles. The largest absolute Gasteiger partial charge is 0.368 e. The summed E-state index contributed by atoms with van der Waals surface area (Å²) in [5, 5.41) is 3.92. The third-order valence-corrected chi connectivity index (χ3v) is 6.05. The summed E-state index contributed by atoms with van der Waals surface area (Å²) in [5.41, 5.74) is 3.69. The number of hydrogen-bond acceptors (Lipinski definition) is 3. The third-order valence-electron chi connectivity index (χ3n) is 5.82. The van der Waals surface area contributed by atoms with Crippen molar-refractivity contribution < 1.29 is 4.79 Å². The van der Waals surface area contributed by atoms with Crippen molar-refractivity contribution in [3.63, 3.8) is 0 Å². The van der Waals surface area contributed by atoms with Crippen molar-refractivity contribution >= 4 is 28.9 Å². The topological polar surface area (TPSA) is 35.6 Å². The molecular formula is C23H28ClN3O. The molecule has 2 atom stereocenters. The van der Waals surface area contributed by atoms with Crippen LogP contribution in [0.1, 0.15) is 19.4 Å². The molecule has 2 aromatic carbocycles. The highest BCUT2D eigenvalue weighted by atomic mass is 35.5. The summed E-state index contributed by atoms with van der Waals surface area (Å²) in [6.45, 7) is 7.64. The Morgan fingerprint density at radius 2 is 2.00 bits per heavy atom. The van der Waals surface area contributed by atoms with E-state index in [0.29, 0.717) is 5.92 Å². The number of carbonyl (C=O) groups is 1. The molecule has 5 heteroatoms. The van der Waals surface area contributed by atoms with Crippen LogP contribution in [-0.2, 0) is 11.2 Å². The zero-order valence-electron chi connectivity index (χ0n) is 16.6. The van der Waals surface area contributed by atoms with Gasteiger partial charge in [-0.15, -0.1) is 0 Å². The fourth-order valence-electron chi connectivity index (χ4n) is 4.40. The van der Waals surface area contributed by atoms with Crippen LogP contribution in [0.3, 0.4) is 0 Å². The maximum atomic E-state index is 13.1. The lowest BCUT2D eigenvalue weighted by Crippen LogP contribution is -2.61. The number of hydrogen-bond donors (Lipinski definition) is 1. The van der Waals surface area contributed by atoms with Gasteiger partial charge in [0.1, 0.15) is 0 Å². The van der Waals surface area contributed by atoms with E-state index < -0.39 is 0 Å². The highest BCUT2D eigenvalue weighted by Gasteiger charge is 2.41. The molecule has 1 N–H and O–H groups in total. The van der Waals surface area contributed by atoms with Crippen molar-refractivity contribution in [2.45, 2.75) is 26.3 Å². The lowest BCUT2D eigenvalue weighted by molar-refractivity contribution is -0.126. The zero-order chi connectivity index (χ0) is 19.7. The van der Waals surface area contributed by atoms with E-state index in [1.54, 1.807) is 0 Å². The number of fused-ring (bicyclic) bond motifs is 3. The second-order valence-electron chi connectivity index (χ2n) is 8.26. The standard InChI is InChI=1S/C23H28ClN3O/c1-16(2)14-25-23(28)20-12-17-6-3-4-9-21(17)27-11-10-26(15-22(20)27)19-8-5-7-18(24)13-19/h3-9,13,16,20,22H,10-12,14-15H2,1-2H3,(H,25,28). The van der Waals surface area contributed by atoms with Gasteiger partial charge in [0.15, 0.2) is 0 Å². The molecule has 148 valence electrons. The smallest absolute Gasteiger partial charge is 0.225 e. The number of benzene rings is 2. The van der Waals surface area contributed by atoms with Gasteiger partial charge < -0.3 is 15.1 Å². The molecule has 2 aliphatic heterocycles. The highest BCUT2D eigenvalue weighted by molar-refractivity contribution is 6.30. The minimum Gasteiger partial charge on any atom is -0.368 e. The first kappa shape index (κ1) is 19.1. The first-order chi connectivity index (χ1) is 13.5. The number of rotatable bonds is 4. The summed E-state index contributed by atoms with van der Waals surface area (Å²) in [7, 11) is 0. The van der Waals surface area contributed by atoms with E-state index in [9.17, 15) is 4.79 Å². The van der Waals surface area contributed by atoms with Crippen molar-refractivity contribution in [3.05, 3.63) is 59.1 Å². The van der Waals surface area contributed by atoms with Crippen molar-refractivity contribution in [3.8, 4) is 0 Å². The number of anilines is 2. The summed E-state index contributed by atoms with van der Waals surface area (Å²) in [6.07, 6.45) is 0.796. The van der Waals surface area contributed by atoms with Gasteiger partial charge in [-0.1, -0.05) is 49.7 Å². The number of nitrogens with one attached hydrogen (secondary N) is 1. The molecule has 1 fully saturated rings. The monoisotopic (exact) mass is 397 g/mol. The van der Waals surface area contributed by atoms with Crippen LogP contribution in [0.2, 0.25) is 5.02 Å². The average Bonchev–Trinajstić information content (AvgIpc) is 2.71. The Morgan fingerprint density at radius 1 is 1.18 bits per heavy atom. The number of halogens is 1. The van der Waals surface area contributed by atoms with Gasteiger partial charge in [-0.3, -0.25) is 4.79 Å². The summed E-state index contributed by atoms with van der Waals surface area (Å²) >= 11 is 6.22. The Bertz CT molecular complexity index is 853. The van der Waals surface area contributed by atoms with Crippen LogP contribution in [0.5, 0.6) is 0 Å². The van der Waals surface area contributed by atoms with Crippen LogP contribution in [0, 0.1) is 11.8 Å². The van der Waals surface area contributed by atoms with Crippen LogP contribution in [-0.4, -0.2) is 38.1 Å². The Labute approximate surface area is 172 Å². The van der Waals surface area contributed by atoms with Crippen LogP contribution < -0.4 is 15.1 Å².